The van der Waals surface area contributed by atoms with Crippen LogP contribution in [0.5, 0.6) is 0 Å². The second-order valence-corrected chi connectivity index (χ2v) is 5.82. The summed E-state index contributed by atoms with van der Waals surface area (Å²) in [7, 11) is 0. The molecule has 0 radical (unpaired) electrons. The van der Waals surface area contributed by atoms with Gasteiger partial charge in [-0.3, -0.25) is 4.79 Å². The molecule has 0 atom stereocenters. The second kappa shape index (κ2) is 5.67. The van der Waals surface area contributed by atoms with Crippen molar-refractivity contribution in [3.05, 3.63) is 29.3 Å². The van der Waals surface area contributed by atoms with Crippen molar-refractivity contribution in [2.24, 2.45) is 5.73 Å². The number of carbonyl (C=O) groups is 1. The molecule has 1 saturated carbocycles. The van der Waals surface area contributed by atoms with Crippen molar-refractivity contribution >= 4 is 11.6 Å². The average molecular weight is 300 g/mol. The van der Waals surface area contributed by atoms with Gasteiger partial charge < -0.3 is 11.1 Å². The monoisotopic (exact) mass is 300 g/mol. The molecule has 0 unspecified atom stereocenters. The van der Waals surface area contributed by atoms with Crippen molar-refractivity contribution in [1.82, 2.24) is 0 Å². The fourth-order valence-corrected chi connectivity index (χ4v) is 2.70. The van der Waals surface area contributed by atoms with Gasteiger partial charge in [-0.25, -0.2) is 0 Å². The number of hydrogen-bond donors (Lipinski definition) is 2. The van der Waals surface area contributed by atoms with Crippen LogP contribution in [0.15, 0.2) is 18.2 Å². The minimum Gasteiger partial charge on any atom is -0.326 e. The lowest BCUT2D eigenvalue weighted by Crippen LogP contribution is -2.40. The zero-order valence-electron chi connectivity index (χ0n) is 11.9. The number of aryl methyl sites for hydroxylation is 1. The SMILES string of the molecule is Cc1ccc(C(F)(F)F)cc1NC(=O)CC1(N)CCCC1. The maximum Gasteiger partial charge on any atom is 0.416 e. The summed E-state index contributed by atoms with van der Waals surface area (Å²) in [5.74, 6) is -0.332. The molecule has 3 nitrogen and oxygen atoms in total. The standard InChI is InChI=1S/C15H19F3N2O/c1-10-4-5-11(15(16,17)18)8-12(10)20-13(21)9-14(19)6-2-3-7-14/h4-5,8H,2-3,6-7,9,19H2,1H3,(H,20,21). The predicted molar refractivity (Wildman–Crippen MR) is 74.8 cm³/mol. The van der Waals surface area contributed by atoms with Crippen LogP contribution in [-0.2, 0) is 11.0 Å². The van der Waals surface area contributed by atoms with Crippen LogP contribution in [0, 0.1) is 6.92 Å². The van der Waals surface area contributed by atoms with Gasteiger partial charge in [0.05, 0.1) is 5.56 Å². The molecule has 0 spiro atoms. The highest BCUT2D eigenvalue weighted by atomic mass is 19.4. The van der Waals surface area contributed by atoms with Crippen LogP contribution in [0.4, 0.5) is 18.9 Å². The topological polar surface area (TPSA) is 55.1 Å². The van der Waals surface area contributed by atoms with Gasteiger partial charge >= 0.3 is 6.18 Å². The molecule has 1 aliphatic carbocycles. The van der Waals surface area contributed by atoms with E-state index < -0.39 is 17.3 Å². The molecule has 0 heterocycles. The Labute approximate surface area is 121 Å². The van der Waals surface area contributed by atoms with Crippen LogP contribution in [-0.4, -0.2) is 11.4 Å². The van der Waals surface area contributed by atoms with Crippen LogP contribution in [0.1, 0.15) is 43.2 Å². The number of hydrogen-bond acceptors (Lipinski definition) is 2. The minimum absolute atomic E-state index is 0.142. The van der Waals surface area contributed by atoms with Crippen molar-refractivity contribution in [3.8, 4) is 0 Å². The van der Waals surface area contributed by atoms with Crippen LogP contribution >= 0.6 is 0 Å². The first-order valence-corrected chi connectivity index (χ1v) is 6.96. The molecule has 21 heavy (non-hydrogen) atoms. The van der Waals surface area contributed by atoms with Crippen molar-refractivity contribution in [2.75, 3.05) is 5.32 Å². The summed E-state index contributed by atoms with van der Waals surface area (Å²) in [5.41, 5.74) is 5.61. The van der Waals surface area contributed by atoms with E-state index in [9.17, 15) is 18.0 Å². The van der Waals surface area contributed by atoms with Crippen molar-refractivity contribution in [3.63, 3.8) is 0 Å². The van der Waals surface area contributed by atoms with Gasteiger partial charge in [-0.1, -0.05) is 18.9 Å². The Morgan fingerprint density at radius 2 is 1.95 bits per heavy atom. The fourth-order valence-electron chi connectivity index (χ4n) is 2.70. The summed E-state index contributed by atoms with van der Waals surface area (Å²) >= 11 is 0. The van der Waals surface area contributed by atoms with E-state index in [1.165, 1.54) is 6.07 Å². The predicted octanol–water partition coefficient (Wildman–Crippen LogP) is 3.61. The molecule has 1 aromatic carbocycles. The number of halogens is 3. The van der Waals surface area contributed by atoms with E-state index in [2.05, 4.69) is 5.32 Å². The van der Waals surface area contributed by atoms with E-state index in [0.29, 0.717) is 5.56 Å². The van der Waals surface area contributed by atoms with Gasteiger partial charge in [-0.2, -0.15) is 13.2 Å². The molecular weight excluding hydrogens is 281 g/mol. The zero-order valence-corrected chi connectivity index (χ0v) is 11.9. The van der Waals surface area contributed by atoms with Crippen molar-refractivity contribution in [2.45, 2.75) is 50.7 Å². The molecule has 2 rings (SSSR count). The van der Waals surface area contributed by atoms with Crippen molar-refractivity contribution < 1.29 is 18.0 Å². The Morgan fingerprint density at radius 3 is 2.52 bits per heavy atom. The third-order valence-corrected chi connectivity index (χ3v) is 3.95. The largest absolute Gasteiger partial charge is 0.416 e. The number of alkyl halides is 3. The van der Waals surface area contributed by atoms with Gasteiger partial charge in [0.15, 0.2) is 0 Å². The zero-order chi connectivity index (χ0) is 15.7. The normalized spacial score (nSPS) is 17.8. The van der Waals surface area contributed by atoms with Gasteiger partial charge in [-0.05, 0) is 37.5 Å². The van der Waals surface area contributed by atoms with Crippen LogP contribution in [0.2, 0.25) is 0 Å². The molecule has 6 heteroatoms. The summed E-state index contributed by atoms with van der Waals surface area (Å²) in [6.45, 7) is 1.66. The molecule has 0 bridgehead atoms. The quantitative estimate of drug-likeness (QED) is 0.896. The Balaban J connectivity index is 2.10. The first kappa shape index (κ1) is 15.8. The molecule has 0 saturated heterocycles. The van der Waals surface area contributed by atoms with Gasteiger partial charge in [0.25, 0.3) is 0 Å². The van der Waals surface area contributed by atoms with E-state index in [1.807, 2.05) is 0 Å². The van der Waals surface area contributed by atoms with E-state index in [1.54, 1.807) is 6.92 Å². The number of carbonyl (C=O) groups excluding carboxylic acids is 1. The molecular formula is C15H19F3N2O. The van der Waals surface area contributed by atoms with Gasteiger partial charge in [0, 0.05) is 17.6 Å². The number of amides is 1. The van der Waals surface area contributed by atoms with Gasteiger partial charge in [0.1, 0.15) is 0 Å². The maximum atomic E-state index is 12.7. The third-order valence-electron chi connectivity index (χ3n) is 3.95. The van der Waals surface area contributed by atoms with Crippen molar-refractivity contribution in [1.29, 1.82) is 0 Å². The Kier molecular flexibility index (Phi) is 4.27. The van der Waals surface area contributed by atoms with Crippen LogP contribution in [0.25, 0.3) is 0 Å². The molecule has 0 aromatic heterocycles. The average Bonchev–Trinajstić information content (AvgIpc) is 2.77. The van der Waals surface area contributed by atoms with Crippen LogP contribution in [0.3, 0.4) is 0 Å². The smallest absolute Gasteiger partial charge is 0.326 e. The lowest BCUT2D eigenvalue weighted by Gasteiger charge is -2.23. The number of benzene rings is 1. The molecule has 116 valence electrons. The van der Waals surface area contributed by atoms with Gasteiger partial charge in [0.2, 0.25) is 5.91 Å². The Morgan fingerprint density at radius 1 is 1.33 bits per heavy atom. The Hall–Kier alpha value is -1.56. The van der Waals surface area contributed by atoms with E-state index in [0.717, 1.165) is 37.8 Å². The highest BCUT2D eigenvalue weighted by Gasteiger charge is 2.33. The summed E-state index contributed by atoms with van der Waals surface area (Å²) in [6, 6.07) is 3.32. The third kappa shape index (κ3) is 3.97. The molecule has 1 amide bonds. The summed E-state index contributed by atoms with van der Waals surface area (Å²) < 4.78 is 38.1. The highest BCUT2D eigenvalue weighted by molar-refractivity contribution is 5.92. The summed E-state index contributed by atoms with van der Waals surface area (Å²) in [4.78, 5) is 12.0. The van der Waals surface area contributed by atoms with E-state index >= 15 is 0 Å². The number of nitrogens with two attached hydrogens (primary N) is 1. The highest BCUT2D eigenvalue weighted by Crippen LogP contribution is 2.33. The molecule has 1 fully saturated rings. The second-order valence-electron chi connectivity index (χ2n) is 5.82. The lowest BCUT2D eigenvalue weighted by atomic mass is 9.94. The van der Waals surface area contributed by atoms with Gasteiger partial charge in [-0.15, -0.1) is 0 Å². The number of anilines is 1. The molecule has 1 aromatic rings. The molecule has 1 aliphatic rings. The molecule has 0 aliphatic heterocycles. The summed E-state index contributed by atoms with van der Waals surface area (Å²) in [5, 5.41) is 2.56. The first-order chi connectivity index (χ1) is 9.70. The minimum atomic E-state index is -4.42. The fraction of sp³-hybridized carbons (Fsp3) is 0.533. The summed E-state index contributed by atoms with van der Waals surface area (Å²) in [6.07, 6.45) is -0.737. The first-order valence-electron chi connectivity index (χ1n) is 6.96. The number of rotatable bonds is 3. The number of nitrogens with one attached hydrogen (secondary N) is 1. The van der Waals surface area contributed by atoms with Crippen LogP contribution < -0.4 is 11.1 Å². The maximum absolute atomic E-state index is 12.7. The Bertz CT molecular complexity index is 534. The lowest BCUT2D eigenvalue weighted by molar-refractivity contribution is -0.137. The van der Waals surface area contributed by atoms with E-state index in [4.69, 9.17) is 5.73 Å². The van der Waals surface area contributed by atoms with E-state index in [-0.39, 0.29) is 18.0 Å². The molecule has 3 N–H and O–H groups in total.